The van der Waals surface area contributed by atoms with Gasteiger partial charge in [0, 0.05) is 37.1 Å². The van der Waals surface area contributed by atoms with Crippen LogP contribution >= 0.6 is 0 Å². The molecule has 1 fully saturated rings. The number of allylic oxidation sites excluding steroid dienone is 1. The summed E-state index contributed by atoms with van der Waals surface area (Å²) in [4.78, 5) is 26.7. The minimum Gasteiger partial charge on any atom is -0.338 e. The Kier molecular flexibility index (Phi) is 6.46. The summed E-state index contributed by atoms with van der Waals surface area (Å²) in [6.45, 7) is 4.84. The molecule has 1 aliphatic heterocycles. The molecular weight excluding hydrogens is 378 g/mol. The fraction of sp³-hybridized carbons (Fsp3) is 0.450. The number of pyridine rings is 1. The predicted molar refractivity (Wildman–Crippen MR) is 106 cm³/mol. The highest BCUT2D eigenvalue weighted by Crippen LogP contribution is 2.21. The lowest BCUT2D eigenvalue weighted by Gasteiger charge is -2.31. The predicted octanol–water partition coefficient (Wildman–Crippen LogP) is 3.27. The maximum Gasteiger partial charge on any atom is 0.280 e. The number of likely N-dealkylation sites (tertiary alicyclic amines) is 1. The van der Waals surface area contributed by atoms with E-state index >= 15 is 0 Å². The molecule has 154 valence electrons. The fourth-order valence-electron chi connectivity index (χ4n) is 3.39. The highest BCUT2D eigenvalue weighted by Gasteiger charge is 2.24. The summed E-state index contributed by atoms with van der Waals surface area (Å²) in [5, 5.41) is 3.83. The van der Waals surface area contributed by atoms with Crippen LogP contribution in [0.2, 0.25) is 0 Å². The van der Waals surface area contributed by atoms with E-state index in [1.165, 1.54) is 17.1 Å². The van der Waals surface area contributed by atoms with Crippen molar-refractivity contribution >= 4 is 17.6 Å². The molecule has 1 atom stereocenters. The van der Waals surface area contributed by atoms with Crippen LogP contribution in [-0.4, -0.2) is 55.8 Å². The Morgan fingerprint density at radius 1 is 1.31 bits per heavy atom. The van der Waals surface area contributed by atoms with Crippen LogP contribution in [0.3, 0.4) is 0 Å². The Morgan fingerprint density at radius 3 is 2.66 bits per heavy atom. The van der Waals surface area contributed by atoms with Gasteiger partial charge in [0.05, 0.1) is 0 Å². The van der Waals surface area contributed by atoms with Gasteiger partial charge in [-0.3, -0.25) is 9.78 Å². The third-order valence-corrected chi connectivity index (χ3v) is 4.75. The Bertz CT molecular complexity index is 917. The van der Waals surface area contributed by atoms with E-state index < -0.39 is 6.43 Å². The largest absolute Gasteiger partial charge is 0.338 e. The first kappa shape index (κ1) is 20.8. The van der Waals surface area contributed by atoms with Gasteiger partial charge in [-0.05, 0) is 50.8 Å². The second-order valence-electron chi connectivity index (χ2n) is 7.17. The number of aromatic nitrogens is 4. The van der Waals surface area contributed by atoms with Crippen molar-refractivity contribution in [3.05, 3.63) is 47.6 Å². The van der Waals surface area contributed by atoms with Gasteiger partial charge in [-0.25, -0.2) is 18.5 Å². The number of nitrogens with zero attached hydrogens (tertiary/aromatic N) is 6. The highest BCUT2D eigenvalue weighted by atomic mass is 19.3. The summed E-state index contributed by atoms with van der Waals surface area (Å²) in [5.74, 6) is 0.0486. The molecule has 0 radical (unpaired) electrons. The van der Waals surface area contributed by atoms with E-state index in [0.29, 0.717) is 18.7 Å². The van der Waals surface area contributed by atoms with E-state index in [0.717, 1.165) is 24.2 Å². The molecular formula is C20H24F2N6O. The summed E-state index contributed by atoms with van der Waals surface area (Å²) in [6.07, 6.45) is 3.22. The van der Waals surface area contributed by atoms with Crippen LogP contribution in [-0.2, 0) is 7.05 Å². The Balaban J connectivity index is 1.72. The second kappa shape index (κ2) is 9.02. The van der Waals surface area contributed by atoms with Gasteiger partial charge in [-0.15, -0.1) is 0 Å². The third kappa shape index (κ3) is 5.30. The first-order chi connectivity index (χ1) is 13.8. The number of amides is 1. The lowest BCUT2D eigenvalue weighted by atomic mass is 9.96. The van der Waals surface area contributed by atoms with Crippen LogP contribution in [0.5, 0.6) is 0 Å². The van der Waals surface area contributed by atoms with E-state index in [1.54, 1.807) is 30.2 Å². The van der Waals surface area contributed by atoms with Gasteiger partial charge in [0.15, 0.2) is 0 Å². The lowest BCUT2D eigenvalue weighted by molar-refractivity contribution is 0.0695. The number of hydrogen-bond donors (Lipinski definition) is 0. The highest BCUT2D eigenvalue weighted by molar-refractivity contribution is 5.98. The average Bonchev–Trinajstić information content (AvgIpc) is 3.08. The van der Waals surface area contributed by atoms with Crippen LogP contribution in [0.15, 0.2) is 35.6 Å². The third-order valence-electron chi connectivity index (χ3n) is 4.75. The molecule has 0 bridgehead atoms. The maximum absolute atomic E-state index is 13.4. The normalized spacial score (nSPS) is 18.1. The Morgan fingerprint density at radius 2 is 2.03 bits per heavy atom. The zero-order chi connectivity index (χ0) is 21.0. The SMILES string of the molecule is Cc1cc(C(=O)N2CCC[C@H](/C=C/C(=Nc3ncnn3C)C(F)F)C2)cc(C)n1. The molecule has 1 aliphatic rings. The molecule has 1 saturated heterocycles. The van der Waals surface area contributed by atoms with Crippen molar-refractivity contribution in [2.75, 3.05) is 13.1 Å². The fourth-order valence-corrected chi connectivity index (χ4v) is 3.39. The summed E-state index contributed by atoms with van der Waals surface area (Å²) in [7, 11) is 1.59. The number of aliphatic imine (C=N–C) groups is 1. The summed E-state index contributed by atoms with van der Waals surface area (Å²) >= 11 is 0. The first-order valence-corrected chi connectivity index (χ1v) is 9.47. The molecule has 0 N–H and O–H groups in total. The quantitative estimate of drug-likeness (QED) is 0.720. The number of halogens is 2. The van der Waals surface area contributed by atoms with E-state index in [1.807, 2.05) is 13.8 Å². The van der Waals surface area contributed by atoms with Crippen molar-refractivity contribution in [1.82, 2.24) is 24.6 Å². The average molecular weight is 402 g/mol. The summed E-state index contributed by atoms with van der Waals surface area (Å²) in [6, 6.07) is 3.55. The van der Waals surface area contributed by atoms with Crippen LogP contribution in [0, 0.1) is 19.8 Å². The molecule has 2 aromatic heterocycles. The molecule has 0 saturated carbocycles. The van der Waals surface area contributed by atoms with Gasteiger partial charge in [-0.1, -0.05) is 6.08 Å². The smallest absolute Gasteiger partial charge is 0.280 e. The van der Waals surface area contributed by atoms with Crippen molar-refractivity contribution in [3.8, 4) is 0 Å². The Hall–Kier alpha value is -2.97. The molecule has 0 aliphatic carbocycles. The monoisotopic (exact) mass is 402 g/mol. The molecule has 3 heterocycles. The van der Waals surface area contributed by atoms with Crippen molar-refractivity contribution in [1.29, 1.82) is 0 Å². The number of piperidine rings is 1. The van der Waals surface area contributed by atoms with Crippen molar-refractivity contribution in [3.63, 3.8) is 0 Å². The van der Waals surface area contributed by atoms with Crippen LogP contribution in [0.1, 0.15) is 34.6 Å². The van der Waals surface area contributed by atoms with Gasteiger partial charge in [0.25, 0.3) is 12.3 Å². The van der Waals surface area contributed by atoms with Gasteiger partial charge in [0.1, 0.15) is 12.0 Å². The van der Waals surface area contributed by atoms with Crippen molar-refractivity contribution in [2.45, 2.75) is 33.1 Å². The summed E-state index contributed by atoms with van der Waals surface area (Å²) < 4.78 is 28.1. The number of hydrogen-bond acceptors (Lipinski definition) is 5. The standard InChI is InChI=1S/C20H24F2N6O/c1-13-9-16(10-14(2)25-13)19(29)28-8-4-5-15(11-28)6-7-17(18(21)22)26-20-23-12-24-27(20)3/h6-7,9-10,12,15,18H,4-5,8,11H2,1-3H3/b7-6+,26-17?/t15-/m1/s1. The van der Waals surface area contributed by atoms with Gasteiger partial charge in [-0.2, -0.15) is 10.1 Å². The lowest BCUT2D eigenvalue weighted by Crippen LogP contribution is -2.39. The van der Waals surface area contributed by atoms with E-state index in [-0.39, 0.29) is 23.5 Å². The number of aryl methyl sites for hydroxylation is 3. The zero-order valence-corrected chi connectivity index (χ0v) is 16.7. The minimum atomic E-state index is -2.73. The van der Waals surface area contributed by atoms with Gasteiger partial charge in [0.2, 0.25) is 5.95 Å². The molecule has 0 aromatic carbocycles. The number of carbonyl (C=O) groups is 1. The number of carbonyl (C=O) groups excluding carboxylic acids is 1. The van der Waals surface area contributed by atoms with Crippen LogP contribution in [0.4, 0.5) is 14.7 Å². The molecule has 0 spiro atoms. The Labute approximate surface area is 168 Å². The van der Waals surface area contributed by atoms with E-state index in [9.17, 15) is 13.6 Å². The zero-order valence-electron chi connectivity index (χ0n) is 16.7. The minimum absolute atomic E-state index is 0.0137. The van der Waals surface area contributed by atoms with E-state index in [4.69, 9.17) is 0 Å². The topological polar surface area (TPSA) is 76.3 Å². The number of rotatable bonds is 5. The van der Waals surface area contributed by atoms with Crippen LogP contribution < -0.4 is 0 Å². The summed E-state index contributed by atoms with van der Waals surface area (Å²) in [5.41, 5.74) is 1.83. The molecule has 7 nitrogen and oxygen atoms in total. The number of alkyl halides is 2. The van der Waals surface area contributed by atoms with Crippen molar-refractivity contribution in [2.24, 2.45) is 18.0 Å². The molecule has 2 aromatic rings. The molecule has 29 heavy (non-hydrogen) atoms. The second-order valence-corrected chi connectivity index (χ2v) is 7.17. The van der Waals surface area contributed by atoms with Crippen LogP contribution in [0.25, 0.3) is 0 Å². The van der Waals surface area contributed by atoms with E-state index in [2.05, 4.69) is 20.1 Å². The molecule has 1 amide bonds. The molecule has 3 rings (SSSR count). The maximum atomic E-state index is 13.4. The molecule has 9 heteroatoms. The van der Waals surface area contributed by atoms with Crippen molar-refractivity contribution < 1.29 is 13.6 Å². The first-order valence-electron chi connectivity index (χ1n) is 9.47. The molecule has 0 unspecified atom stereocenters. The van der Waals surface area contributed by atoms with Gasteiger partial charge < -0.3 is 4.90 Å². The van der Waals surface area contributed by atoms with Gasteiger partial charge >= 0.3 is 0 Å².